The molecule has 1 aliphatic rings. The Morgan fingerprint density at radius 2 is 2.38 bits per heavy atom. The standard InChI is InChI=1S/C13H19BrN2/c1-16(13-6-3-7-15-9-13)10-11-4-2-5-12(14)8-11/h2,4-5,8,13,15H,3,6-7,9-10H2,1H3. The van der Waals surface area contributed by atoms with Crippen molar-refractivity contribution in [2.45, 2.75) is 25.4 Å². The molecule has 0 aromatic heterocycles. The fourth-order valence-corrected chi connectivity index (χ4v) is 2.71. The third-order valence-electron chi connectivity index (χ3n) is 3.22. The van der Waals surface area contributed by atoms with Gasteiger partial charge < -0.3 is 5.32 Å². The fraction of sp³-hybridized carbons (Fsp3) is 0.538. The van der Waals surface area contributed by atoms with E-state index in [9.17, 15) is 0 Å². The number of piperidine rings is 1. The van der Waals surface area contributed by atoms with Crippen LogP contribution in [0, 0.1) is 0 Å². The van der Waals surface area contributed by atoms with Gasteiger partial charge in [0.25, 0.3) is 0 Å². The van der Waals surface area contributed by atoms with Gasteiger partial charge in [0.05, 0.1) is 0 Å². The van der Waals surface area contributed by atoms with Crippen LogP contribution in [0.2, 0.25) is 0 Å². The largest absolute Gasteiger partial charge is 0.315 e. The predicted octanol–water partition coefficient (Wildman–Crippen LogP) is 2.63. The zero-order valence-corrected chi connectivity index (χ0v) is 11.3. The van der Waals surface area contributed by atoms with Crippen molar-refractivity contribution in [3.63, 3.8) is 0 Å². The smallest absolute Gasteiger partial charge is 0.0234 e. The predicted molar refractivity (Wildman–Crippen MR) is 71.5 cm³/mol. The molecule has 2 rings (SSSR count). The van der Waals surface area contributed by atoms with Crippen molar-refractivity contribution in [1.29, 1.82) is 0 Å². The first-order valence-electron chi connectivity index (χ1n) is 5.91. The first-order valence-corrected chi connectivity index (χ1v) is 6.70. The van der Waals surface area contributed by atoms with Crippen molar-refractivity contribution in [3.8, 4) is 0 Å². The molecule has 0 bridgehead atoms. The molecular weight excluding hydrogens is 264 g/mol. The third kappa shape index (κ3) is 3.30. The topological polar surface area (TPSA) is 15.3 Å². The number of hydrogen-bond donors (Lipinski definition) is 1. The van der Waals surface area contributed by atoms with Crippen LogP contribution in [-0.2, 0) is 6.54 Å². The van der Waals surface area contributed by atoms with E-state index in [1.165, 1.54) is 29.4 Å². The molecule has 0 radical (unpaired) electrons. The lowest BCUT2D eigenvalue weighted by atomic mass is 10.1. The highest BCUT2D eigenvalue weighted by Crippen LogP contribution is 2.16. The summed E-state index contributed by atoms with van der Waals surface area (Å²) >= 11 is 3.52. The van der Waals surface area contributed by atoms with Crippen molar-refractivity contribution < 1.29 is 0 Å². The SMILES string of the molecule is CN(Cc1cccc(Br)c1)C1CCCNC1. The van der Waals surface area contributed by atoms with Gasteiger partial charge in [0.2, 0.25) is 0 Å². The maximum Gasteiger partial charge on any atom is 0.0234 e. The second-order valence-electron chi connectivity index (χ2n) is 4.55. The Hall–Kier alpha value is -0.380. The van der Waals surface area contributed by atoms with Gasteiger partial charge in [-0.2, -0.15) is 0 Å². The van der Waals surface area contributed by atoms with Gasteiger partial charge in [0, 0.05) is 23.6 Å². The van der Waals surface area contributed by atoms with Gasteiger partial charge >= 0.3 is 0 Å². The van der Waals surface area contributed by atoms with Crippen molar-refractivity contribution >= 4 is 15.9 Å². The minimum Gasteiger partial charge on any atom is -0.315 e. The lowest BCUT2D eigenvalue weighted by Crippen LogP contribution is -2.43. The second kappa shape index (κ2) is 5.80. The normalized spacial score (nSPS) is 21.3. The van der Waals surface area contributed by atoms with Gasteiger partial charge in [-0.1, -0.05) is 28.1 Å². The Balaban J connectivity index is 1.93. The Morgan fingerprint density at radius 3 is 3.06 bits per heavy atom. The summed E-state index contributed by atoms with van der Waals surface area (Å²) < 4.78 is 1.17. The Labute approximate surface area is 106 Å². The van der Waals surface area contributed by atoms with E-state index in [2.05, 4.69) is 57.5 Å². The van der Waals surface area contributed by atoms with E-state index in [-0.39, 0.29) is 0 Å². The van der Waals surface area contributed by atoms with Crippen molar-refractivity contribution in [3.05, 3.63) is 34.3 Å². The van der Waals surface area contributed by atoms with E-state index in [4.69, 9.17) is 0 Å². The molecule has 1 N–H and O–H groups in total. The summed E-state index contributed by atoms with van der Waals surface area (Å²) in [6.07, 6.45) is 2.62. The molecule has 1 unspecified atom stereocenters. The van der Waals surface area contributed by atoms with E-state index in [0.29, 0.717) is 6.04 Å². The first-order chi connectivity index (χ1) is 7.75. The minimum absolute atomic E-state index is 0.688. The lowest BCUT2D eigenvalue weighted by molar-refractivity contribution is 0.196. The number of halogens is 1. The molecule has 3 heteroatoms. The molecule has 16 heavy (non-hydrogen) atoms. The van der Waals surface area contributed by atoms with Crippen LogP contribution in [0.15, 0.2) is 28.7 Å². The maximum absolute atomic E-state index is 3.52. The van der Waals surface area contributed by atoms with Crippen LogP contribution in [0.4, 0.5) is 0 Å². The van der Waals surface area contributed by atoms with Crippen molar-refractivity contribution in [2.24, 2.45) is 0 Å². The van der Waals surface area contributed by atoms with Gasteiger partial charge in [-0.3, -0.25) is 4.90 Å². The molecule has 2 nitrogen and oxygen atoms in total. The van der Waals surface area contributed by atoms with E-state index in [1.807, 2.05) is 0 Å². The second-order valence-corrected chi connectivity index (χ2v) is 5.46. The lowest BCUT2D eigenvalue weighted by Gasteiger charge is -2.31. The van der Waals surface area contributed by atoms with Crippen LogP contribution in [0.1, 0.15) is 18.4 Å². The molecule has 1 heterocycles. The van der Waals surface area contributed by atoms with E-state index >= 15 is 0 Å². The molecule has 0 aliphatic carbocycles. The monoisotopic (exact) mass is 282 g/mol. The highest BCUT2D eigenvalue weighted by Gasteiger charge is 2.17. The van der Waals surface area contributed by atoms with Gasteiger partial charge in [-0.15, -0.1) is 0 Å². The Morgan fingerprint density at radius 1 is 1.50 bits per heavy atom. The zero-order chi connectivity index (χ0) is 11.4. The average molecular weight is 283 g/mol. The summed E-state index contributed by atoms with van der Waals surface area (Å²) in [6.45, 7) is 3.34. The van der Waals surface area contributed by atoms with Crippen LogP contribution < -0.4 is 5.32 Å². The van der Waals surface area contributed by atoms with E-state index in [1.54, 1.807) is 0 Å². The van der Waals surface area contributed by atoms with Crippen LogP contribution >= 0.6 is 15.9 Å². The van der Waals surface area contributed by atoms with Gasteiger partial charge in [-0.05, 0) is 44.1 Å². The highest BCUT2D eigenvalue weighted by atomic mass is 79.9. The molecule has 1 aromatic rings. The maximum atomic E-state index is 3.52. The number of likely N-dealkylation sites (N-methyl/N-ethyl adjacent to an activating group) is 1. The third-order valence-corrected chi connectivity index (χ3v) is 3.71. The summed E-state index contributed by atoms with van der Waals surface area (Å²) in [5, 5.41) is 3.46. The number of nitrogens with zero attached hydrogens (tertiary/aromatic N) is 1. The molecule has 0 saturated carbocycles. The molecule has 88 valence electrons. The van der Waals surface area contributed by atoms with Crippen LogP contribution in [-0.4, -0.2) is 31.1 Å². The van der Waals surface area contributed by atoms with E-state index in [0.717, 1.165) is 13.1 Å². The Kier molecular flexibility index (Phi) is 4.38. The number of benzene rings is 1. The Bertz CT molecular complexity index is 334. The summed E-state index contributed by atoms with van der Waals surface area (Å²) in [5.74, 6) is 0. The van der Waals surface area contributed by atoms with Crippen LogP contribution in [0.3, 0.4) is 0 Å². The molecule has 1 atom stereocenters. The number of rotatable bonds is 3. The number of hydrogen-bond acceptors (Lipinski definition) is 2. The van der Waals surface area contributed by atoms with Gasteiger partial charge in [0.15, 0.2) is 0 Å². The summed E-state index contributed by atoms with van der Waals surface area (Å²) in [4.78, 5) is 2.45. The molecule has 1 saturated heterocycles. The molecular formula is C13H19BrN2. The van der Waals surface area contributed by atoms with Gasteiger partial charge in [-0.25, -0.2) is 0 Å². The van der Waals surface area contributed by atoms with Gasteiger partial charge in [0.1, 0.15) is 0 Å². The zero-order valence-electron chi connectivity index (χ0n) is 9.75. The summed E-state index contributed by atoms with van der Waals surface area (Å²) in [7, 11) is 2.22. The van der Waals surface area contributed by atoms with Crippen LogP contribution in [0.5, 0.6) is 0 Å². The van der Waals surface area contributed by atoms with Crippen molar-refractivity contribution in [1.82, 2.24) is 10.2 Å². The molecule has 0 spiro atoms. The molecule has 1 fully saturated rings. The van der Waals surface area contributed by atoms with E-state index < -0.39 is 0 Å². The fourth-order valence-electron chi connectivity index (χ4n) is 2.26. The molecule has 0 amide bonds. The first kappa shape index (κ1) is 12.1. The molecule has 1 aliphatic heterocycles. The summed E-state index contributed by atoms with van der Waals surface area (Å²) in [6, 6.07) is 9.26. The highest BCUT2D eigenvalue weighted by molar-refractivity contribution is 9.10. The van der Waals surface area contributed by atoms with Crippen LogP contribution in [0.25, 0.3) is 0 Å². The quantitative estimate of drug-likeness (QED) is 0.917. The summed E-state index contributed by atoms with van der Waals surface area (Å²) in [5.41, 5.74) is 1.38. The average Bonchev–Trinajstić information content (AvgIpc) is 2.30. The minimum atomic E-state index is 0.688. The number of nitrogens with one attached hydrogen (secondary N) is 1. The molecule has 1 aromatic carbocycles. The van der Waals surface area contributed by atoms with Crippen molar-refractivity contribution in [2.75, 3.05) is 20.1 Å².